The number of rotatable bonds is 3. The second kappa shape index (κ2) is 12.4. The number of allylic oxidation sites excluding steroid dienone is 1. The first-order chi connectivity index (χ1) is 21.4. The van der Waals surface area contributed by atoms with E-state index in [4.69, 9.17) is 16.3 Å². The zero-order valence-corrected chi connectivity index (χ0v) is 27.6. The van der Waals surface area contributed by atoms with Crippen molar-refractivity contribution in [2.45, 2.75) is 87.9 Å². The van der Waals surface area contributed by atoms with E-state index in [0.29, 0.717) is 31.9 Å². The molecule has 1 spiro atoms. The first-order valence-corrected chi connectivity index (χ1v) is 18.0. The first kappa shape index (κ1) is 32.1. The highest BCUT2D eigenvalue weighted by atomic mass is 35.5. The SMILES string of the molecule is CC(=O)CC[C@@]1(C)CC/C=C/[C@H](O)[C@@H]2CC[C@H]2CN2C[C@@]3(CCCc4cc(Cl)ccc43)COc3ccc(cc32)C(=O)NS1(=O)=O. The Hall–Kier alpha value is -2.88. The van der Waals surface area contributed by atoms with Gasteiger partial charge < -0.3 is 19.5 Å². The van der Waals surface area contributed by atoms with Gasteiger partial charge in [0.05, 0.1) is 23.1 Å². The Morgan fingerprint density at radius 3 is 2.76 bits per heavy atom. The van der Waals surface area contributed by atoms with Gasteiger partial charge in [0.25, 0.3) is 5.91 Å². The molecule has 2 aliphatic carbocycles. The number of ether oxygens (including phenoxy) is 1. The van der Waals surface area contributed by atoms with Crippen LogP contribution >= 0.6 is 11.6 Å². The molecule has 1 saturated carbocycles. The van der Waals surface area contributed by atoms with Gasteiger partial charge >= 0.3 is 0 Å². The van der Waals surface area contributed by atoms with Crippen molar-refractivity contribution >= 4 is 39.0 Å². The number of anilines is 1. The summed E-state index contributed by atoms with van der Waals surface area (Å²) in [5.41, 5.74) is 3.15. The molecule has 45 heavy (non-hydrogen) atoms. The highest BCUT2D eigenvalue weighted by molar-refractivity contribution is 7.91. The molecule has 2 aromatic carbocycles. The zero-order valence-electron chi connectivity index (χ0n) is 26.1. The molecule has 2 aliphatic heterocycles. The maximum atomic E-state index is 13.7. The summed E-state index contributed by atoms with van der Waals surface area (Å²) in [6, 6.07) is 11.2. The first-order valence-electron chi connectivity index (χ1n) is 16.1. The molecule has 10 heteroatoms. The lowest BCUT2D eigenvalue weighted by molar-refractivity contribution is -0.117. The van der Waals surface area contributed by atoms with E-state index in [1.165, 1.54) is 18.1 Å². The molecule has 2 N–H and O–H groups in total. The van der Waals surface area contributed by atoms with Crippen LogP contribution in [0.25, 0.3) is 0 Å². The minimum absolute atomic E-state index is 0.0782. The Morgan fingerprint density at radius 1 is 1.18 bits per heavy atom. The summed E-state index contributed by atoms with van der Waals surface area (Å²) in [4.78, 5) is 27.7. The molecule has 242 valence electrons. The number of Topliss-reactive ketones (excluding diaryl/α,β-unsaturated/α-hetero) is 1. The third-order valence-electron chi connectivity index (χ3n) is 10.7. The smallest absolute Gasteiger partial charge is 0.264 e. The minimum atomic E-state index is -4.17. The highest BCUT2D eigenvalue weighted by Crippen LogP contribution is 2.47. The minimum Gasteiger partial charge on any atom is -0.490 e. The molecule has 0 aromatic heterocycles. The molecule has 1 amide bonds. The normalized spacial score (nSPS) is 31.8. The van der Waals surface area contributed by atoms with Gasteiger partial charge in [-0.3, -0.25) is 4.79 Å². The number of hydrogen-bond donors (Lipinski definition) is 2. The van der Waals surface area contributed by atoms with Crippen LogP contribution in [0.15, 0.2) is 48.6 Å². The van der Waals surface area contributed by atoms with Crippen LogP contribution < -0.4 is 14.4 Å². The van der Waals surface area contributed by atoms with Crippen molar-refractivity contribution < 1.29 is 27.9 Å². The van der Waals surface area contributed by atoms with Gasteiger partial charge in [0, 0.05) is 35.5 Å². The van der Waals surface area contributed by atoms with Crippen molar-refractivity contribution in [3.8, 4) is 5.75 Å². The fourth-order valence-corrected chi connectivity index (χ4v) is 9.28. The van der Waals surface area contributed by atoms with Crippen LogP contribution in [-0.2, 0) is 26.7 Å². The average Bonchev–Trinajstić information content (AvgIpc) is 3.12. The van der Waals surface area contributed by atoms with E-state index in [1.54, 1.807) is 31.2 Å². The number of amides is 1. The van der Waals surface area contributed by atoms with Gasteiger partial charge in [0.2, 0.25) is 10.0 Å². The average molecular weight is 655 g/mol. The number of nitrogens with zero attached hydrogens (tertiary/aromatic N) is 1. The monoisotopic (exact) mass is 654 g/mol. The number of halogens is 1. The summed E-state index contributed by atoms with van der Waals surface area (Å²) in [5.74, 6) is 0.153. The summed E-state index contributed by atoms with van der Waals surface area (Å²) in [6.07, 6.45) is 8.57. The van der Waals surface area contributed by atoms with Gasteiger partial charge in [-0.25, -0.2) is 13.1 Å². The van der Waals surface area contributed by atoms with Gasteiger partial charge in [-0.05, 0) is 119 Å². The summed E-state index contributed by atoms with van der Waals surface area (Å²) in [7, 11) is -4.17. The topological polar surface area (TPSA) is 113 Å². The standard InChI is InChI=1S/C35H43ClN2O6S/c1-23(39)14-17-34(2)15-4-3-7-31(40)28-11-8-26(28)20-38-21-35(16-5-6-24-18-27(36)10-12-29(24)35)22-44-32-13-9-25(19-30(32)38)33(41)37-45(34,42)43/h3,7,9-10,12-13,18-19,26,28,31,40H,4-6,8,11,14-17,20-22H2,1-2H3,(H,37,41)/b7-3+/t26-,28+,31-,34+,35-/m0/s1. The van der Waals surface area contributed by atoms with E-state index in [0.717, 1.165) is 42.8 Å². The number of aryl methyl sites for hydroxylation is 1. The number of carbonyl (C=O) groups excluding carboxylic acids is 2. The number of ketones is 1. The largest absolute Gasteiger partial charge is 0.490 e. The van der Waals surface area contributed by atoms with E-state index in [2.05, 4.69) is 21.8 Å². The molecule has 6 rings (SSSR count). The van der Waals surface area contributed by atoms with Crippen molar-refractivity contribution in [1.29, 1.82) is 0 Å². The van der Waals surface area contributed by atoms with E-state index < -0.39 is 26.8 Å². The third kappa shape index (κ3) is 6.28. The molecular formula is C35H43ClN2O6S. The summed E-state index contributed by atoms with van der Waals surface area (Å²) >= 11 is 6.39. The van der Waals surface area contributed by atoms with Gasteiger partial charge in [-0.15, -0.1) is 0 Å². The Balaban J connectivity index is 1.41. The lowest BCUT2D eigenvalue weighted by Gasteiger charge is -2.45. The lowest BCUT2D eigenvalue weighted by Crippen LogP contribution is -2.49. The van der Waals surface area contributed by atoms with E-state index in [1.807, 2.05) is 12.1 Å². The van der Waals surface area contributed by atoms with E-state index >= 15 is 0 Å². The van der Waals surface area contributed by atoms with Crippen LogP contribution in [0, 0.1) is 11.8 Å². The van der Waals surface area contributed by atoms with Crippen LogP contribution in [0.1, 0.15) is 86.7 Å². The quantitative estimate of drug-likeness (QED) is 0.406. The second-order valence-electron chi connectivity index (χ2n) is 13.8. The highest BCUT2D eigenvalue weighted by Gasteiger charge is 2.45. The molecule has 1 fully saturated rings. The maximum Gasteiger partial charge on any atom is 0.264 e. The molecule has 0 unspecified atom stereocenters. The van der Waals surface area contributed by atoms with Gasteiger partial charge in [0.1, 0.15) is 11.5 Å². The maximum absolute atomic E-state index is 13.7. The van der Waals surface area contributed by atoms with Crippen LogP contribution in [0.4, 0.5) is 5.69 Å². The molecule has 0 radical (unpaired) electrons. The van der Waals surface area contributed by atoms with Crippen molar-refractivity contribution in [3.05, 3.63) is 70.3 Å². The molecule has 2 heterocycles. The number of fused-ring (bicyclic) bond motifs is 4. The Morgan fingerprint density at radius 2 is 2.00 bits per heavy atom. The number of benzene rings is 2. The lowest BCUT2D eigenvalue weighted by atomic mass is 9.68. The number of aliphatic hydroxyl groups is 1. The molecule has 8 nitrogen and oxygen atoms in total. The van der Waals surface area contributed by atoms with Crippen molar-refractivity contribution in [1.82, 2.24) is 4.72 Å². The molecule has 2 aromatic rings. The van der Waals surface area contributed by atoms with E-state index in [-0.39, 0.29) is 47.9 Å². The van der Waals surface area contributed by atoms with Crippen molar-refractivity contribution in [2.24, 2.45) is 11.8 Å². The predicted molar refractivity (Wildman–Crippen MR) is 176 cm³/mol. The van der Waals surface area contributed by atoms with Gasteiger partial charge in [0.15, 0.2) is 0 Å². The molecule has 0 saturated heterocycles. The summed E-state index contributed by atoms with van der Waals surface area (Å²) in [6.45, 7) is 4.84. The van der Waals surface area contributed by atoms with Gasteiger partial charge in [-0.2, -0.15) is 0 Å². The molecule has 4 aliphatic rings. The van der Waals surface area contributed by atoms with Crippen molar-refractivity contribution in [3.63, 3.8) is 0 Å². The molecule has 5 atom stereocenters. The van der Waals surface area contributed by atoms with Crippen LogP contribution in [0.5, 0.6) is 5.75 Å². The molecular weight excluding hydrogens is 612 g/mol. The van der Waals surface area contributed by atoms with Crippen LogP contribution in [0.2, 0.25) is 5.02 Å². The fraction of sp³-hybridized carbons (Fsp3) is 0.543. The van der Waals surface area contributed by atoms with Crippen LogP contribution in [-0.4, -0.2) is 55.8 Å². The summed E-state index contributed by atoms with van der Waals surface area (Å²) in [5, 5.41) is 11.9. The second-order valence-corrected chi connectivity index (χ2v) is 16.5. The number of carbonyl (C=O) groups is 2. The fourth-order valence-electron chi connectivity index (χ4n) is 7.71. The van der Waals surface area contributed by atoms with Gasteiger partial charge in [-0.1, -0.05) is 29.8 Å². The number of nitrogens with one attached hydrogen (secondary N) is 1. The number of sulfonamides is 1. The molecule has 2 bridgehead atoms. The Bertz CT molecular complexity index is 1630. The summed E-state index contributed by atoms with van der Waals surface area (Å²) < 4.78 is 35.0. The Labute approximate surface area is 271 Å². The zero-order chi connectivity index (χ0) is 32.0. The number of hydrogen-bond acceptors (Lipinski definition) is 7. The van der Waals surface area contributed by atoms with Crippen LogP contribution in [0.3, 0.4) is 0 Å². The third-order valence-corrected chi connectivity index (χ3v) is 13.1. The Kier molecular flexibility index (Phi) is 8.82. The number of aliphatic hydroxyl groups excluding tert-OH is 1. The van der Waals surface area contributed by atoms with Crippen molar-refractivity contribution in [2.75, 3.05) is 24.6 Å². The predicted octanol–water partition coefficient (Wildman–Crippen LogP) is 5.74. The van der Waals surface area contributed by atoms with E-state index in [9.17, 15) is 23.1 Å².